The lowest BCUT2D eigenvalue weighted by Gasteiger charge is -2.23. The molecule has 5 nitrogen and oxygen atoms in total. The van der Waals surface area contributed by atoms with Gasteiger partial charge in [-0.25, -0.2) is 0 Å². The van der Waals surface area contributed by atoms with Gasteiger partial charge in [-0.15, -0.1) is 10.2 Å². The van der Waals surface area contributed by atoms with Gasteiger partial charge in [-0.05, 0) is 24.3 Å². The van der Waals surface area contributed by atoms with Crippen molar-refractivity contribution in [1.29, 1.82) is 0 Å². The first-order chi connectivity index (χ1) is 10.8. The predicted octanol–water partition coefficient (Wildman–Crippen LogP) is 3.15. The van der Waals surface area contributed by atoms with Crippen molar-refractivity contribution in [1.82, 2.24) is 20.5 Å². The minimum atomic E-state index is 0.545. The molecular weight excluding hydrogens is 362 g/mol. The van der Waals surface area contributed by atoms with E-state index < -0.39 is 0 Å². The first kappa shape index (κ1) is 14.0. The molecule has 4 rings (SSSR count). The minimum absolute atomic E-state index is 0.545. The molecule has 3 heterocycles. The average Bonchev–Trinajstić information content (AvgIpc) is 2.91. The number of pyridine rings is 1. The summed E-state index contributed by atoms with van der Waals surface area (Å²) in [7, 11) is 0. The number of hydrogen-bond acceptors (Lipinski definition) is 6. The summed E-state index contributed by atoms with van der Waals surface area (Å²) in [5.74, 6) is 0.545. The van der Waals surface area contributed by atoms with Crippen molar-refractivity contribution >= 4 is 43.9 Å². The topological polar surface area (TPSA) is 62.7 Å². The van der Waals surface area contributed by atoms with E-state index in [9.17, 15) is 0 Å². The van der Waals surface area contributed by atoms with Crippen molar-refractivity contribution in [2.24, 2.45) is 0 Å². The van der Waals surface area contributed by atoms with Crippen molar-refractivity contribution in [3.63, 3.8) is 0 Å². The molecule has 1 aliphatic heterocycles. The van der Waals surface area contributed by atoms with Gasteiger partial charge < -0.3 is 10.6 Å². The fourth-order valence-electron chi connectivity index (χ4n) is 2.41. The minimum Gasteiger partial charge on any atom is -0.378 e. The van der Waals surface area contributed by atoms with E-state index >= 15 is 0 Å². The second kappa shape index (κ2) is 5.91. The summed E-state index contributed by atoms with van der Waals surface area (Å²) in [6.07, 6.45) is 1.82. The summed E-state index contributed by atoms with van der Waals surface area (Å²) in [5, 5.41) is 18.5. The third kappa shape index (κ3) is 2.71. The SMILES string of the molecule is Brc1ccc2nccc(NCc3nnc(C4CNC4)s3)c2c1. The number of nitrogens with one attached hydrogen (secondary N) is 2. The summed E-state index contributed by atoms with van der Waals surface area (Å²) >= 11 is 5.21. The van der Waals surface area contributed by atoms with Gasteiger partial charge in [0.2, 0.25) is 0 Å². The normalized spacial score (nSPS) is 15.0. The van der Waals surface area contributed by atoms with Gasteiger partial charge in [-0.3, -0.25) is 4.98 Å². The molecule has 0 aliphatic carbocycles. The Morgan fingerprint density at radius 3 is 3.00 bits per heavy atom. The van der Waals surface area contributed by atoms with E-state index in [2.05, 4.69) is 47.8 Å². The van der Waals surface area contributed by atoms with Crippen LogP contribution in [0, 0.1) is 0 Å². The third-order valence-electron chi connectivity index (χ3n) is 3.75. The fourth-order valence-corrected chi connectivity index (χ4v) is 3.65. The maximum Gasteiger partial charge on any atom is 0.136 e. The Kier molecular flexibility index (Phi) is 3.77. The van der Waals surface area contributed by atoms with Crippen LogP contribution in [0.25, 0.3) is 10.9 Å². The van der Waals surface area contributed by atoms with Gasteiger partial charge in [0.05, 0.1) is 12.1 Å². The number of nitrogens with zero attached hydrogens (tertiary/aromatic N) is 3. The van der Waals surface area contributed by atoms with E-state index in [1.807, 2.05) is 24.4 Å². The van der Waals surface area contributed by atoms with Crippen LogP contribution >= 0.6 is 27.3 Å². The highest BCUT2D eigenvalue weighted by Crippen LogP contribution is 2.27. The van der Waals surface area contributed by atoms with Crippen LogP contribution in [-0.2, 0) is 6.54 Å². The number of aromatic nitrogens is 3. The zero-order valence-corrected chi connectivity index (χ0v) is 14.1. The summed E-state index contributed by atoms with van der Waals surface area (Å²) < 4.78 is 1.05. The third-order valence-corrected chi connectivity index (χ3v) is 5.33. The van der Waals surface area contributed by atoms with Crippen LogP contribution in [0.5, 0.6) is 0 Å². The van der Waals surface area contributed by atoms with Gasteiger partial charge in [-0.2, -0.15) is 0 Å². The maximum atomic E-state index is 4.39. The van der Waals surface area contributed by atoms with E-state index in [0.717, 1.165) is 44.2 Å². The lowest BCUT2D eigenvalue weighted by atomic mass is 10.1. The zero-order chi connectivity index (χ0) is 14.9. The molecule has 7 heteroatoms. The van der Waals surface area contributed by atoms with E-state index in [0.29, 0.717) is 12.5 Å². The average molecular weight is 376 g/mol. The van der Waals surface area contributed by atoms with E-state index in [1.54, 1.807) is 11.3 Å². The van der Waals surface area contributed by atoms with Crippen molar-refractivity contribution < 1.29 is 0 Å². The van der Waals surface area contributed by atoms with Crippen molar-refractivity contribution in [2.45, 2.75) is 12.5 Å². The largest absolute Gasteiger partial charge is 0.378 e. The molecule has 1 aliphatic rings. The van der Waals surface area contributed by atoms with Crippen molar-refractivity contribution in [2.75, 3.05) is 18.4 Å². The quantitative estimate of drug-likeness (QED) is 0.733. The monoisotopic (exact) mass is 375 g/mol. The second-order valence-electron chi connectivity index (χ2n) is 5.26. The standard InChI is InChI=1S/C15H14BrN5S/c16-10-1-2-12-11(5-10)13(3-4-18-12)19-8-14-20-21-15(22-14)9-6-17-7-9/h1-5,9,17H,6-8H2,(H,18,19). The number of hydrogen-bond donors (Lipinski definition) is 2. The van der Waals surface area contributed by atoms with Crippen LogP contribution in [-0.4, -0.2) is 28.3 Å². The molecule has 2 aromatic heterocycles. The molecule has 3 aromatic rings. The van der Waals surface area contributed by atoms with Crippen LogP contribution in [0.4, 0.5) is 5.69 Å². The van der Waals surface area contributed by atoms with Crippen molar-refractivity contribution in [3.8, 4) is 0 Å². The lowest BCUT2D eigenvalue weighted by molar-refractivity contribution is 0.444. The highest BCUT2D eigenvalue weighted by atomic mass is 79.9. The molecule has 0 bridgehead atoms. The number of benzene rings is 1. The molecule has 1 fully saturated rings. The molecule has 1 saturated heterocycles. The maximum absolute atomic E-state index is 4.39. The molecule has 22 heavy (non-hydrogen) atoms. The summed E-state index contributed by atoms with van der Waals surface area (Å²) in [4.78, 5) is 4.39. The Morgan fingerprint density at radius 1 is 1.27 bits per heavy atom. The van der Waals surface area contributed by atoms with Crippen LogP contribution in [0.1, 0.15) is 15.9 Å². The number of fused-ring (bicyclic) bond motifs is 1. The summed E-state index contributed by atoms with van der Waals surface area (Å²) in [6.45, 7) is 2.72. The second-order valence-corrected chi connectivity index (χ2v) is 7.27. The van der Waals surface area contributed by atoms with E-state index in [1.165, 1.54) is 0 Å². The highest BCUT2D eigenvalue weighted by molar-refractivity contribution is 9.10. The van der Waals surface area contributed by atoms with Gasteiger partial charge in [0.1, 0.15) is 10.0 Å². The van der Waals surface area contributed by atoms with Crippen LogP contribution < -0.4 is 10.6 Å². The van der Waals surface area contributed by atoms with Crippen LogP contribution in [0.3, 0.4) is 0 Å². The molecule has 0 radical (unpaired) electrons. The fraction of sp³-hybridized carbons (Fsp3) is 0.267. The van der Waals surface area contributed by atoms with Crippen LogP contribution in [0.15, 0.2) is 34.9 Å². The van der Waals surface area contributed by atoms with Crippen LogP contribution in [0.2, 0.25) is 0 Å². The van der Waals surface area contributed by atoms with E-state index in [4.69, 9.17) is 0 Å². The Bertz CT molecular complexity index is 815. The molecule has 0 saturated carbocycles. The molecule has 0 unspecified atom stereocenters. The van der Waals surface area contributed by atoms with Gasteiger partial charge >= 0.3 is 0 Å². The molecule has 0 amide bonds. The summed E-state index contributed by atoms with van der Waals surface area (Å²) in [5.41, 5.74) is 2.04. The number of rotatable bonds is 4. The number of halogens is 1. The Labute approximate surface area is 140 Å². The van der Waals surface area contributed by atoms with E-state index in [-0.39, 0.29) is 0 Å². The number of anilines is 1. The van der Waals surface area contributed by atoms with Gasteiger partial charge in [0.25, 0.3) is 0 Å². The molecular formula is C15H14BrN5S. The summed E-state index contributed by atoms with van der Waals surface area (Å²) in [6, 6.07) is 8.09. The lowest BCUT2D eigenvalue weighted by Crippen LogP contribution is -2.39. The Morgan fingerprint density at radius 2 is 2.18 bits per heavy atom. The Balaban J connectivity index is 1.53. The zero-order valence-electron chi connectivity index (χ0n) is 11.7. The molecule has 0 atom stereocenters. The molecule has 0 spiro atoms. The smallest absolute Gasteiger partial charge is 0.136 e. The first-order valence-electron chi connectivity index (χ1n) is 7.11. The van der Waals surface area contributed by atoms with Gasteiger partial charge in [0, 0.05) is 40.8 Å². The molecule has 112 valence electrons. The Hall–Kier alpha value is -1.57. The van der Waals surface area contributed by atoms with Gasteiger partial charge in [-0.1, -0.05) is 27.3 Å². The highest BCUT2D eigenvalue weighted by Gasteiger charge is 2.22. The first-order valence-corrected chi connectivity index (χ1v) is 8.72. The molecule has 2 N–H and O–H groups in total. The predicted molar refractivity (Wildman–Crippen MR) is 92.3 cm³/mol. The van der Waals surface area contributed by atoms with Crippen molar-refractivity contribution in [3.05, 3.63) is 45.0 Å². The molecule has 1 aromatic carbocycles. The van der Waals surface area contributed by atoms with Gasteiger partial charge in [0.15, 0.2) is 0 Å².